The molecule has 10 heteroatoms. The second-order valence-corrected chi connectivity index (χ2v) is 12.8. The highest BCUT2D eigenvalue weighted by atomic mass is 127. The first-order valence-corrected chi connectivity index (χ1v) is 16.1. The third-order valence-electron chi connectivity index (χ3n) is 8.62. The van der Waals surface area contributed by atoms with Crippen molar-refractivity contribution in [1.82, 2.24) is 10.2 Å². The van der Waals surface area contributed by atoms with Gasteiger partial charge in [-0.15, -0.1) is 0 Å². The summed E-state index contributed by atoms with van der Waals surface area (Å²) in [5.41, 5.74) is 3.98. The average Bonchev–Trinajstić information content (AvgIpc) is 3.60. The summed E-state index contributed by atoms with van der Waals surface area (Å²) >= 11 is 2.10. The number of fused-ring (bicyclic) bond motifs is 2. The van der Waals surface area contributed by atoms with Crippen LogP contribution in [0.25, 0.3) is 0 Å². The number of amides is 2. The normalized spacial score (nSPS) is 21.8. The van der Waals surface area contributed by atoms with Crippen LogP contribution in [0.5, 0.6) is 0 Å². The van der Waals surface area contributed by atoms with Gasteiger partial charge >= 0.3 is 5.97 Å². The van der Waals surface area contributed by atoms with Crippen LogP contribution < -0.4 is 5.32 Å². The summed E-state index contributed by atoms with van der Waals surface area (Å²) in [6.45, 7) is -0.142. The quantitative estimate of drug-likeness (QED) is 0.257. The smallest absolute Gasteiger partial charge is 0.339 e. The predicted molar refractivity (Wildman–Crippen MR) is 174 cm³/mol. The first kappa shape index (κ1) is 31.4. The fourth-order valence-electron chi connectivity index (χ4n) is 6.39. The maximum Gasteiger partial charge on any atom is 0.339 e. The first-order chi connectivity index (χ1) is 21.8. The van der Waals surface area contributed by atoms with Crippen molar-refractivity contribution in [2.45, 2.75) is 55.8 Å². The Morgan fingerprint density at radius 3 is 2.36 bits per heavy atom. The molecule has 234 valence electrons. The van der Waals surface area contributed by atoms with Crippen LogP contribution in [0.15, 0.2) is 90.5 Å². The van der Waals surface area contributed by atoms with Crippen LogP contribution in [0.3, 0.4) is 0 Å². The van der Waals surface area contributed by atoms with Crippen molar-refractivity contribution >= 4 is 40.4 Å². The van der Waals surface area contributed by atoms with Crippen LogP contribution in [0.1, 0.15) is 33.5 Å². The summed E-state index contributed by atoms with van der Waals surface area (Å²) in [5, 5.41) is 12.0. The number of ether oxygens (including phenoxy) is 3. The van der Waals surface area contributed by atoms with Gasteiger partial charge in [-0.1, -0.05) is 66.7 Å². The molecule has 1 spiro atoms. The number of likely N-dealkylation sites (N-methyl/N-ethyl adjacent to an activating group) is 1. The minimum absolute atomic E-state index is 0.0740. The molecule has 45 heavy (non-hydrogen) atoms. The summed E-state index contributed by atoms with van der Waals surface area (Å²) in [4.78, 5) is 42.2. The highest BCUT2D eigenvalue weighted by Crippen LogP contribution is 2.45. The van der Waals surface area contributed by atoms with E-state index < -0.39 is 36.1 Å². The van der Waals surface area contributed by atoms with E-state index in [-0.39, 0.29) is 37.8 Å². The van der Waals surface area contributed by atoms with E-state index in [4.69, 9.17) is 14.2 Å². The van der Waals surface area contributed by atoms with Gasteiger partial charge in [0.05, 0.1) is 12.2 Å². The monoisotopic (exact) mass is 722 g/mol. The van der Waals surface area contributed by atoms with E-state index in [9.17, 15) is 19.5 Å². The van der Waals surface area contributed by atoms with Crippen molar-refractivity contribution in [3.8, 4) is 0 Å². The molecule has 1 aliphatic heterocycles. The number of aliphatic hydroxyl groups excluding tert-OH is 1. The number of hydrogen-bond acceptors (Lipinski definition) is 7. The van der Waals surface area contributed by atoms with E-state index in [0.717, 1.165) is 20.3 Å². The molecule has 2 amide bonds. The van der Waals surface area contributed by atoms with Crippen molar-refractivity contribution in [3.05, 3.63) is 116 Å². The number of aliphatic hydroxyl groups is 1. The van der Waals surface area contributed by atoms with E-state index in [1.54, 1.807) is 25.3 Å². The van der Waals surface area contributed by atoms with Gasteiger partial charge in [-0.05, 0) is 57.5 Å². The van der Waals surface area contributed by atoms with Gasteiger partial charge in [0.1, 0.15) is 24.4 Å². The molecule has 6 rings (SSSR count). The molecule has 0 unspecified atom stereocenters. The second-order valence-electron chi connectivity index (χ2n) is 11.7. The van der Waals surface area contributed by atoms with Gasteiger partial charge in [0.25, 0.3) is 0 Å². The molecule has 0 bridgehead atoms. The van der Waals surface area contributed by atoms with E-state index in [1.165, 1.54) is 4.90 Å². The van der Waals surface area contributed by atoms with Gasteiger partial charge in [-0.2, -0.15) is 0 Å². The number of benzene rings is 3. The van der Waals surface area contributed by atoms with Crippen molar-refractivity contribution in [3.63, 3.8) is 0 Å². The topological polar surface area (TPSA) is 114 Å². The molecule has 1 fully saturated rings. The lowest BCUT2D eigenvalue weighted by Crippen LogP contribution is -2.51. The number of rotatable bonds is 9. The summed E-state index contributed by atoms with van der Waals surface area (Å²) in [6, 6.07) is 23.9. The lowest BCUT2D eigenvalue weighted by atomic mass is 9.90. The number of esters is 1. The average molecular weight is 723 g/mol. The van der Waals surface area contributed by atoms with Crippen LogP contribution in [-0.4, -0.2) is 78.1 Å². The molecule has 2 N–H and O–H groups in total. The van der Waals surface area contributed by atoms with Crippen molar-refractivity contribution < 1.29 is 33.7 Å². The highest BCUT2D eigenvalue weighted by Gasteiger charge is 2.55. The Bertz CT molecular complexity index is 1590. The number of hydrogen-bond donors (Lipinski definition) is 2. The summed E-state index contributed by atoms with van der Waals surface area (Å²) in [5.74, 6) is -2.17. The Morgan fingerprint density at radius 1 is 1.00 bits per heavy atom. The Balaban J connectivity index is 1.28. The molecule has 2 aliphatic carbocycles. The number of carbonyl (C=O) groups excluding carboxylic acids is 3. The van der Waals surface area contributed by atoms with Gasteiger partial charge in [0.2, 0.25) is 11.8 Å². The Morgan fingerprint density at radius 2 is 1.67 bits per heavy atom. The molecule has 0 radical (unpaired) electrons. The number of nitrogens with one attached hydrogen (secondary N) is 1. The molecule has 9 nitrogen and oxygen atoms in total. The van der Waals surface area contributed by atoms with Crippen LogP contribution in [0.2, 0.25) is 0 Å². The largest absolute Gasteiger partial charge is 0.455 e. The third-order valence-corrected chi connectivity index (χ3v) is 9.56. The molecule has 1 heterocycles. The second kappa shape index (κ2) is 13.4. The maximum atomic E-state index is 14.1. The van der Waals surface area contributed by atoms with E-state index in [2.05, 4.69) is 40.0 Å². The molecular formula is C35H35IN2O7. The molecule has 1 saturated heterocycles. The molecule has 0 aromatic heterocycles. The molecular weight excluding hydrogens is 687 g/mol. The standard InChI is InChI=1S/C35H35IN2O7/c1-38(28(32(40)37-15-16-39)17-22-9-3-2-4-10-22)33(41)25-18-29(43-34(42)26-13-7-8-14-27(26)36)31-30(19-25)44-35(45-31)20-23-11-5-6-12-24(23)21-35/h2-14,19,28-31,39H,15-18,20-21H2,1H3,(H,37,40)/t28-,29-,30-,31+/m1/s1. The summed E-state index contributed by atoms with van der Waals surface area (Å²) in [7, 11) is 1.59. The lowest BCUT2D eigenvalue weighted by molar-refractivity contribution is -0.172. The Hall–Kier alpha value is -3.58. The van der Waals surface area contributed by atoms with Gasteiger partial charge in [0, 0.05) is 48.4 Å². The van der Waals surface area contributed by atoms with E-state index >= 15 is 0 Å². The predicted octanol–water partition coefficient (Wildman–Crippen LogP) is 3.60. The van der Waals surface area contributed by atoms with Crippen LogP contribution in [-0.2, 0) is 43.1 Å². The molecule has 4 atom stereocenters. The van der Waals surface area contributed by atoms with Gasteiger partial charge in [-0.25, -0.2) is 4.79 Å². The van der Waals surface area contributed by atoms with Crippen molar-refractivity contribution in [2.75, 3.05) is 20.2 Å². The zero-order valence-electron chi connectivity index (χ0n) is 24.9. The lowest BCUT2D eigenvalue weighted by Gasteiger charge is -2.33. The molecule has 3 aromatic rings. The fraction of sp³-hybridized carbons (Fsp3) is 0.343. The van der Waals surface area contributed by atoms with E-state index in [1.807, 2.05) is 54.6 Å². The first-order valence-electron chi connectivity index (χ1n) is 15.1. The van der Waals surface area contributed by atoms with Crippen LogP contribution in [0, 0.1) is 3.57 Å². The highest BCUT2D eigenvalue weighted by molar-refractivity contribution is 14.1. The molecule has 3 aromatic carbocycles. The zero-order chi connectivity index (χ0) is 31.6. The fourth-order valence-corrected chi connectivity index (χ4v) is 7.00. The molecule has 3 aliphatic rings. The number of nitrogens with zero attached hydrogens (tertiary/aromatic N) is 1. The minimum atomic E-state index is -0.925. The Labute approximate surface area is 275 Å². The molecule has 0 saturated carbocycles. The zero-order valence-corrected chi connectivity index (χ0v) is 27.0. The summed E-state index contributed by atoms with van der Waals surface area (Å²) in [6.07, 6.45) is 1.21. The minimum Gasteiger partial charge on any atom is -0.455 e. The third kappa shape index (κ3) is 6.69. The SMILES string of the molecule is CN(C(=O)C1=C[C@H]2OC3(Cc4ccccc4C3)O[C@H]2[C@H](OC(=O)c2ccccc2I)C1)[C@H](Cc1ccccc1)C(=O)NCCO. The number of carbonyl (C=O) groups is 3. The van der Waals surface area contributed by atoms with Gasteiger partial charge in [0.15, 0.2) is 5.79 Å². The van der Waals surface area contributed by atoms with Crippen molar-refractivity contribution in [1.29, 1.82) is 0 Å². The maximum absolute atomic E-state index is 14.1. The van der Waals surface area contributed by atoms with E-state index in [0.29, 0.717) is 24.0 Å². The van der Waals surface area contributed by atoms with Gasteiger partial charge in [-0.3, -0.25) is 9.59 Å². The van der Waals surface area contributed by atoms with Gasteiger partial charge < -0.3 is 29.5 Å². The van der Waals surface area contributed by atoms with Crippen molar-refractivity contribution in [2.24, 2.45) is 0 Å². The summed E-state index contributed by atoms with van der Waals surface area (Å²) < 4.78 is 20.1. The van der Waals surface area contributed by atoms with Crippen LogP contribution >= 0.6 is 22.6 Å². The van der Waals surface area contributed by atoms with Crippen LogP contribution in [0.4, 0.5) is 0 Å². The Kier molecular flexibility index (Phi) is 9.36. The number of halogens is 1.